The van der Waals surface area contributed by atoms with E-state index in [4.69, 9.17) is 4.42 Å². The Morgan fingerprint density at radius 1 is 1.08 bits per heavy atom. The first-order valence-electron chi connectivity index (χ1n) is 8.60. The largest absolute Gasteiger partial charge is 0.451 e. The number of para-hydroxylation sites is 1. The highest BCUT2D eigenvalue weighted by atomic mass is 16.3. The van der Waals surface area contributed by atoms with Crippen molar-refractivity contribution in [1.29, 1.82) is 0 Å². The Balaban J connectivity index is 1.62. The summed E-state index contributed by atoms with van der Waals surface area (Å²) in [7, 11) is 0. The molecule has 3 aromatic rings. The molecule has 1 fully saturated rings. The predicted molar refractivity (Wildman–Crippen MR) is 96.7 cm³/mol. The van der Waals surface area contributed by atoms with E-state index in [0.29, 0.717) is 17.5 Å². The van der Waals surface area contributed by atoms with Gasteiger partial charge in [0.15, 0.2) is 11.2 Å². The maximum absolute atomic E-state index is 12.9. The van der Waals surface area contributed by atoms with Gasteiger partial charge in [0.1, 0.15) is 5.58 Å². The lowest BCUT2D eigenvalue weighted by atomic mass is 10.0. The van der Waals surface area contributed by atoms with Crippen molar-refractivity contribution >= 4 is 16.9 Å². The predicted octanol–water partition coefficient (Wildman–Crippen LogP) is 3.64. The van der Waals surface area contributed by atoms with Gasteiger partial charge in [-0.3, -0.25) is 9.59 Å². The highest BCUT2D eigenvalue weighted by molar-refractivity contribution is 5.93. The van der Waals surface area contributed by atoms with Crippen LogP contribution in [0.25, 0.3) is 11.0 Å². The monoisotopic (exact) mass is 333 g/mol. The number of amides is 1. The molecule has 1 aromatic heterocycles. The summed E-state index contributed by atoms with van der Waals surface area (Å²) in [4.78, 5) is 27.0. The number of nitrogens with zero attached hydrogens (tertiary/aromatic N) is 1. The van der Waals surface area contributed by atoms with Crippen LogP contribution in [0.5, 0.6) is 0 Å². The van der Waals surface area contributed by atoms with Gasteiger partial charge in [-0.25, -0.2) is 0 Å². The molecule has 0 N–H and O–H groups in total. The van der Waals surface area contributed by atoms with Gasteiger partial charge >= 0.3 is 0 Å². The summed E-state index contributed by atoms with van der Waals surface area (Å²) in [6.45, 7) is 0.701. The molecule has 1 saturated heterocycles. The molecule has 2 heterocycles. The molecule has 1 atom stereocenters. The van der Waals surface area contributed by atoms with E-state index in [9.17, 15) is 9.59 Å². The van der Waals surface area contributed by atoms with Gasteiger partial charge in [-0.05, 0) is 37.0 Å². The molecule has 2 aromatic carbocycles. The molecule has 25 heavy (non-hydrogen) atoms. The molecule has 4 nitrogen and oxygen atoms in total. The molecule has 0 aliphatic carbocycles. The van der Waals surface area contributed by atoms with Crippen LogP contribution in [0.4, 0.5) is 0 Å². The summed E-state index contributed by atoms with van der Waals surface area (Å²) < 4.78 is 5.72. The second-order valence-electron chi connectivity index (χ2n) is 6.46. The molecule has 1 amide bonds. The van der Waals surface area contributed by atoms with Crippen molar-refractivity contribution in [2.45, 2.75) is 25.3 Å². The quantitative estimate of drug-likeness (QED) is 0.735. The Morgan fingerprint density at radius 3 is 2.68 bits per heavy atom. The van der Waals surface area contributed by atoms with Crippen molar-refractivity contribution in [3.8, 4) is 0 Å². The SMILES string of the molecule is O=C(c1cc(=O)c2ccccc2o1)N1CCC[C@@H]1Cc1ccccc1. The van der Waals surface area contributed by atoms with Gasteiger partial charge in [-0.15, -0.1) is 0 Å². The van der Waals surface area contributed by atoms with E-state index in [2.05, 4.69) is 12.1 Å². The molecule has 1 aliphatic rings. The van der Waals surface area contributed by atoms with E-state index in [0.717, 1.165) is 19.3 Å². The standard InChI is InChI=1S/C21H19NO3/c23-18-14-20(25-19-11-5-4-10-17(18)19)21(24)22-12-6-9-16(22)13-15-7-2-1-3-8-15/h1-5,7-8,10-11,14,16H,6,9,12-13H2/t16-/m1/s1. The number of carbonyl (C=O) groups is 1. The maximum Gasteiger partial charge on any atom is 0.289 e. The summed E-state index contributed by atoms with van der Waals surface area (Å²) in [6, 6.07) is 18.7. The van der Waals surface area contributed by atoms with Crippen molar-refractivity contribution in [3.05, 3.63) is 82.2 Å². The molecule has 4 heteroatoms. The average molecular weight is 333 g/mol. The van der Waals surface area contributed by atoms with E-state index < -0.39 is 0 Å². The third kappa shape index (κ3) is 3.07. The van der Waals surface area contributed by atoms with Crippen LogP contribution in [-0.4, -0.2) is 23.4 Å². The van der Waals surface area contributed by atoms with Crippen molar-refractivity contribution in [2.75, 3.05) is 6.54 Å². The van der Waals surface area contributed by atoms with Crippen LogP contribution in [0.3, 0.4) is 0 Å². The highest BCUT2D eigenvalue weighted by Gasteiger charge is 2.31. The first-order valence-corrected chi connectivity index (χ1v) is 8.60. The van der Waals surface area contributed by atoms with Gasteiger partial charge in [0.25, 0.3) is 5.91 Å². The zero-order valence-corrected chi connectivity index (χ0v) is 13.9. The smallest absolute Gasteiger partial charge is 0.289 e. The van der Waals surface area contributed by atoms with Crippen LogP contribution >= 0.6 is 0 Å². The van der Waals surface area contributed by atoms with Crippen molar-refractivity contribution < 1.29 is 9.21 Å². The Morgan fingerprint density at radius 2 is 1.84 bits per heavy atom. The number of fused-ring (bicyclic) bond motifs is 1. The Hall–Kier alpha value is -2.88. The first-order chi connectivity index (χ1) is 12.2. The number of benzene rings is 2. The molecule has 4 rings (SSSR count). The number of hydrogen-bond acceptors (Lipinski definition) is 3. The number of likely N-dealkylation sites (tertiary alicyclic amines) is 1. The summed E-state index contributed by atoms with van der Waals surface area (Å²) in [5.41, 5.74) is 1.49. The van der Waals surface area contributed by atoms with Gasteiger partial charge in [0.05, 0.1) is 5.39 Å². The lowest BCUT2D eigenvalue weighted by molar-refractivity contribution is 0.0704. The average Bonchev–Trinajstić information content (AvgIpc) is 3.10. The van der Waals surface area contributed by atoms with E-state index in [1.54, 1.807) is 24.3 Å². The molecule has 126 valence electrons. The number of hydrogen-bond donors (Lipinski definition) is 0. The minimum atomic E-state index is -0.193. The molecular weight excluding hydrogens is 314 g/mol. The van der Waals surface area contributed by atoms with E-state index in [1.165, 1.54) is 11.6 Å². The maximum atomic E-state index is 12.9. The van der Waals surface area contributed by atoms with E-state index in [-0.39, 0.29) is 23.1 Å². The summed E-state index contributed by atoms with van der Waals surface area (Å²) in [6.07, 6.45) is 2.77. The van der Waals surface area contributed by atoms with Gasteiger partial charge < -0.3 is 9.32 Å². The lowest BCUT2D eigenvalue weighted by Crippen LogP contribution is -2.37. The van der Waals surface area contributed by atoms with Crippen molar-refractivity contribution in [2.24, 2.45) is 0 Å². The zero-order chi connectivity index (χ0) is 17.2. The van der Waals surface area contributed by atoms with Crippen LogP contribution in [0, 0.1) is 0 Å². The third-order valence-electron chi connectivity index (χ3n) is 4.80. The minimum Gasteiger partial charge on any atom is -0.451 e. The molecule has 0 spiro atoms. The molecule has 1 aliphatic heterocycles. The van der Waals surface area contributed by atoms with Crippen LogP contribution in [0.1, 0.15) is 29.0 Å². The molecule has 0 radical (unpaired) electrons. The van der Waals surface area contributed by atoms with Gasteiger partial charge in [-0.2, -0.15) is 0 Å². The second-order valence-corrected chi connectivity index (χ2v) is 6.46. The van der Waals surface area contributed by atoms with Crippen molar-refractivity contribution in [1.82, 2.24) is 4.90 Å². The normalized spacial score (nSPS) is 17.1. The Labute approximate surface area is 145 Å². The zero-order valence-electron chi connectivity index (χ0n) is 13.9. The fourth-order valence-corrected chi connectivity index (χ4v) is 3.55. The Bertz CT molecular complexity index is 962. The topological polar surface area (TPSA) is 50.5 Å². The van der Waals surface area contributed by atoms with Crippen LogP contribution in [0.15, 0.2) is 69.9 Å². The molecule has 0 unspecified atom stereocenters. The van der Waals surface area contributed by atoms with Crippen LogP contribution < -0.4 is 5.43 Å². The molecular formula is C21H19NO3. The van der Waals surface area contributed by atoms with Gasteiger partial charge in [0, 0.05) is 18.7 Å². The fourth-order valence-electron chi connectivity index (χ4n) is 3.55. The van der Waals surface area contributed by atoms with Gasteiger partial charge in [0.2, 0.25) is 0 Å². The third-order valence-corrected chi connectivity index (χ3v) is 4.80. The second kappa shape index (κ2) is 6.55. The number of rotatable bonds is 3. The minimum absolute atomic E-state index is 0.128. The molecule has 0 saturated carbocycles. The first kappa shape index (κ1) is 15.6. The van der Waals surface area contributed by atoms with Crippen LogP contribution in [-0.2, 0) is 6.42 Å². The summed E-state index contributed by atoms with van der Waals surface area (Å²) in [5.74, 6) is -0.0649. The Kier molecular flexibility index (Phi) is 4.10. The van der Waals surface area contributed by atoms with Crippen molar-refractivity contribution in [3.63, 3.8) is 0 Å². The van der Waals surface area contributed by atoms with Crippen LogP contribution in [0.2, 0.25) is 0 Å². The fraction of sp³-hybridized carbons (Fsp3) is 0.238. The van der Waals surface area contributed by atoms with E-state index >= 15 is 0 Å². The molecule has 0 bridgehead atoms. The highest BCUT2D eigenvalue weighted by Crippen LogP contribution is 2.24. The summed E-state index contributed by atoms with van der Waals surface area (Å²) >= 11 is 0. The number of carbonyl (C=O) groups excluding carboxylic acids is 1. The van der Waals surface area contributed by atoms with E-state index in [1.807, 2.05) is 23.1 Å². The lowest BCUT2D eigenvalue weighted by Gasteiger charge is -2.24. The summed E-state index contributed by atoms with van der Waals surface area (Å²) in [5, 5.41) is 0.501. The van der Waals surface area contributed by atoms with Gasteiger partial charge in [-0.1, -0.05) is 42.5 Å².